The highest BCUT2D eigenvalue weighted by Gasteiger charge is 2.28. The Balaban J connectivity index is 1.73. The van der Waals surface area contributed by atoms with Gasteiger partial charge < -0.3 is 5.73 Å². The van der Waals surface area contributed by atoms with Crippen molar-refractivity contribution in [2.24, 2.45) is 5.92 Å². The van der Waals surface area contributed by atoms with Gasteiger partial charge >= 0.3 is 0 Å². The summed E-state index contributed by atoms with van der Waals surface area (Å²) in [5.41, 5.74) is 10.1. The molecule has 1 aliphatic rings. The second-order valence-electron chi connectivity index (χ2n) is 7.66. The van der Waals surface area contributed by atoms with E-state index in [2.05, 4.69) is 15.2 Å². The van der Waals surface area contributed by atoms with Crippen LogP contribution in [-0.2, 0) is 0 Å². The molecule has 0 unspecified atom stereocenters. The van der Waals surface area contributed by atoms with E-state index in [0.29, 0.717) is 16.4 Å². The first-order chi connectivity index (χ1) is 14.6. The number of carbonyl (C=O) groups is 1. The van der Waals surface area contributed by atoms with Crippen LogP contribution in [0.3, 0.4) is 0 Å². The van der Waals surface area contributed by atoms with Crippen molar-refractivity contribution in [1.82, 2.24) is 20.2 Å². The van der Waals surface area contributed by atoms with E-state index in [-0.39, 0.29) is 23.2 Å². The summed E-state index contributed by atoms with van der Waals surface area (Å²) in [4.78, 5) is 22.5. The van der Waals surface area contributed by atoms with Crippen molar-refractivity contribution in [3.8, 4) is 22.5 Å². The Morgan fingerprint density at radius 2 is 1.77 bits per heavy atom. The van der Waals surface area contributed by atoms with Crippen LogP contribution in [0.4, 0.5) is 5.82 Å². The molecular weight excluding hydrogens is 398 g/mol. The van der Waals surface area contributed by atoms with Gasteiger partial charge in [-0.1, -0.05) is 54.8 Å². The van der Waals surface area contributed by atoms with E-state index in [9.17, 15) is 4.79 Å². The van der Waals surface area contributed by atoms with E-state index in [1.165, 1.54) is 0 Å². The van der Waals surface area contributed by atoms with Gasteiger partial charge in [-0.15, -0.1) is 0 Å². The van der Waals surface area contributed by atoms with Crippen LogP contribution < -0.4 is 5.73 Å². The number of ketones is 1. The molecule has 150 valence electrons. The fourth-order valence-corrected chi connectivity index (χ4v) is 4.43. The van der Waals surface area contributed by atoms with Crippen molar-refractivity contribution in [1.29, 1.82) is 0 Å². The number of nitrogen functional groups attached to an aromatic ring is 1. The monoisotopic (exact) mass is 417 g/mol. The molecule has 2 aromatic heterocycles. The molecule has 1 aliphatic carbocycles. The largest absolute Gasteiger partial charge is 0.382 e. The third-order valence-electron chi connectivity index (χ3n) is 5.70. The number of rotatable bonds is 4. The number of anilines is 1. The number of aromatic nitrogens is 4. The lowest BCUT2D eigenvalue weighted by Crippen LogP contribution is -2.17. The summed E-state index contributed by atoms with van der Waals surface area (Å²) in [6.07, 6.45) is 5.59. The first-order valence-corrected chi connectivity index (χ1v) is 10.4. The summed E-state index contributed by atoms with van der Waals surface area (Å²) in [6, 6.07) is 13.5. The first-order valence-electron chi connectivity index (χ1n) is 10.0. The predicted molar refractivity (Wildman–Crippen MR) is 118 cm³/mol. The molecule has 1 fully saturated rings. The zero-order valence-corrected chi connectivity index (χ0v) is 17.0. The van der Waals surface area contributed by atoms with E-state index in [1.807, 2.05) is 42.5 Å². The van der Waals surface area contributed by atoms with Crippen LogP contribution in [0.2, 0.25) is 5.02 Å². The molecule has 1 saturated carbocycles. The lowest BCUT2D eigenvalue weighted by molar-refractivity contribution is 0.0918. The molecule has 2 heterocycles. The van der Waals surface area contributed by atoms with E-state index in [0.717, 1.165) is 47.7 Å². The van der Waals surface area contributed by atoms with Gasteiger partial charge in [0, 0.05) is 22.4 Å². The Kier molecular flexibility index (Phi) is 4.71. The van der Waals surface area contributed by atoms with Crippen LogP contribution in [0.1, 0.15) is 36.2 Å². The topological polar surface area (TPSA) is 97.6 Å². The minimum atomic E-state index is -0.0306. The molecule has 0 aliphatic heterocycles. The van der Waals surface area contributed by atoms with Crippen molar-refractivity contribution >= 4 is 34.1 Å². The van der Waals surface area contributed by atoms with Gasteiger partial charge in [0.15, 0.2) is 11.6 Å². The minimum Gasteiger partial charge on any atom is -0.382 e. The summed E-state index contributed by atoms with van der Waals surface area (Å²) in [5, 5.41) is 8.36. The Hall–Kier alpha value is -3.25. The van der Waals surface area contributed by atoms with E-state index in [1.54, 1.807) is 6.20 Å². The van der Waals surface area contributed by atoms with Crippen molar-refractivity contribution in [3.63, 3.8) is 0 Å². The first kappa shape index (κ1) is 18.8. The normalized spacial score (nSPS) is 14.4. The van der Waals surface area contributed by atoms with Crippen molar-refractivity contribution in [3.05, 3.63) is 59.4 Å². The van der Waals surface area contributed by atoms with Gasteiger partial charge in [0.05, 0.1) is 28.1 Å². The Morgan fingerprint density at radius 1 is 1.03 bits per heavy atom. The summed E-state index contributed by atoms with van der Waals surface area (Å²) in [7, 11) is 0. The Morgan fingerprint density at radius 3 is 2.53 bits per heavy atom. The number of aromatic amines is 1. The zero-order valence-electron chi connectivity index (χ0n) is 16.2. The number of benzene rings is 2. The number of carbonyl (C=O) groups excluding carboxylic acids is 1. The lowest BCUT2D eigenvalue weighted by Gasteiger charge is -2.15. The fraction of sp³-hybridized carbons (Fsp3) is 0.217. The van der Waals surface area contributed by atoms with Gasteiger partial charge in [-0.05, 0) is 25.0 Å². The number of nitrogens with zero attached hydrogens (tertiary/aromatic N) is 3. The van der Waals surface area contributed by atoms with Gasteiger partial charge in [0.2, 0.25) is 0 Å². The number of hydrogen-bond donors (Lipinski definition) is 2. The standard InChI is InChI=1S/C23H20ClN5O/c24-17-11-15(10-16-12-26-29-18(16)17)20-19(13-6-2-1-3-7-13)28-23(25)21(27-20)22(30)14-8-4-5-9-14/h1-3,6-7,10-12,14H,4-5,8-9H2,(H2,25,28)(H,26,29). The highest BCUT2D eigenvalue weighted by atomic mass is 35.5. The molecular formula is C23H20ClN5O. The molecule has 0 saturated heterocycles. The number of halogens is 1. The van der Waals surface area contributed by atoms with Crippen LogP contribution in [0.15, 0.2) is 48.7 Å². The van der Waals surface area contributed by atoms with E-state index in [4.69, 9.17) is 22.3 Å². The maximum Gasteiger partial charge on any atom is 0.188 e. The van der Waals surface area contributed by atoms with Gasteiger partial charge in [0.1, 0.15) is 5.69 Å². The quantitative estimate of drug-likeness (QED) is 0.439. The van der Waals surface area contributed by atoms with Gasteiger partial charge in [-0.3, -0.25) is 9.89 Å². The van der Waals surface area contributed by atoms with Crippen LogP contribution in [0.25, 0.3) is 33.4 Å². The Labute approximate surface area is 178 Å². The minimum absolute atomic E-state index is 0.0196. The molecule has 2 aromatic carbocycles. The molecule has 0 amide bonds. The van der Waals surface area contributed by atoms with Crippen molar-refractivity contribution < 1.29 is 4.79 Å². The highest BCUT2D eigenvalue weighted by Crippen LogP contribution is 2.36. The van der Waals surface area contributed by atoms with Crippen LogP contribution in [0, 0.1) is 5.92 Å². The lowest BCUT2D eigenvalue weighted by atomic mass is 9.98. The molecule has 0 spiro atoms. The maximum absolute atomic E-state index is 13.1. The number of nitrogens with two attached hydrogens (primary N) is 1. The smallest absolute Gasteiger partial charge is 0.188 e. The summed E-state index contributed by atoms with van der Waals surface area (Å²) in [5.74, 6) is 0.121. The molecule has 3 N–H and O–H groups in total. The molecule has 0 radical (unpaired) electrons. The van der Waals surface area contributed by atoms with Crippen LogP contribution in [-0.4, -0.2) is 25.9 Å². The molecule has 4 aromatic rings. The molecule has 7 heteroatoms. The summed E-state index contributed by atoms with van der Waals surface area (Å²) in [6.45, 7) is 0. The summed E-state index contributed by atoms with van der Waals surface area (Å²) < 4.78 is 0. The van der Waals surface area contributed by atoms with Crippen molar-refractivity contribution in [2.75, 3.05) is 5.73 Å². The molecule has 5 rings (SSSR count). The molecule has 30 heavy (non-hydrogen) atoms. The maximum atomic E-state index is 13.1. The predicted octanol–water partition coefficient (Wildman–Crippen LogP) is 5.30. The van der Waals surface area contributed by atoms with Crippen LogP contribution >= 0.6 is 11.6 Å². The molecule has 0 atom stereocenters. The SMILES string of the molecule is Nc1nc(-c2ccccc2)c(-c2cc(Cl)c3[nH]ncc3c2)nc1C(=O)C1CCCC1. The van der Waals surface area contributed by atoms with Gasteiger partial charge in [-0.25, -0.2) is 9.97 Å². The third kappa shape index (κ3) is 3.23. The van der Waals surface area contributed by atoms with Gasteiger partial charge in [0.25, 0.3) is 0 Å². The second-order valence-corrected chi connectivity index (χ2v) is 8.07. The average Bonchev–Trinajstić information content (AvgIpc) is 3.46. The highest BCUT2D eigenvalue weighted by molar-refractivity contribution is 6.35. The van der Waals surface area contributed by atoms with Crippen molar-refractivity contribution in [2.45, 2.75) is 25.7 Å². The molecule has 0 bridgehead atoms. The zero-order chi connectivity index (χ0) is 20.7. The van der Waals surface area contributed by atoms with Gasteiger partial charge in [-0.2, -0.15) is 5.10 Å². The van der Waals surface area contributed by atoms with Crippen LogP contribution in [0.5, 0.6) is 0 Å². The number of Topliss-reactive ketones (excluding diaryl/α,β-unsaturated/α-hetero) is 1. The van der Waals surface area contributed by atoms with E-state index < -0.39 is 0 Å². The average molecular weight is 418 g/mol. The number of fused-ring (bicyclic) bond motifs is 1. The summed E-state index contributed by atoms with van der Waals surface area (Å²) >= 11 is 6.48. The van der Waals surface area contributed by atoms with E-state index >= 15 is 0 Å². The fourth-order valence-electron chi connectivity index (χ4n) is 4.16. The number of hydrogen-bond acceptors (Lipinski definition) is 5. The molecule has 6 nitrogen and oxygen atoms in total. The number of H-pyrrole nitrogens is 1. The third-order valence-corrected chi connectivity index (χ3v) is 6.00. The Bertz CT molecular complexity index is 1250. The number of nitrogens with one attached hydrogen (secondary N) is 1. The second kappa shape index (κ2) is 7.54.